The van der Waals surface area contributed by atoms with Crippen LogP contribution < -0.4 is 0 Å². The second kappa shape index (κ2) is 7.45. The average Bonchev–Trinajstić information content (AvgIpc) is 2.62. The van der Waals surface area contributed by atoms with Crippen LogP contribution in [0.3, 0.4) is 0 Å². The van der Waals surface area contributed by atoms with E-state index in [2.05, 4.69) is 18.7 Å². The lowest BCUT2D eigenvalue weighted by Crippen LogP contribution is -2.31. The van der Waals surface area contributed by atoms with Gasteiger partial charge in [0, 0.05) is 36.1 Å². The van der Waals surface area contributed by atoms with Crippen LogP contribution in [0.2, 0.25) is 0 Å². The summed E-state index contributed by atoms with van der Waals surface area (Å²) >= 11 is 0. The molecule has 19 heavy (non-hydrogen) atoms. The van der Waals surface area contributed by atoms with Gasteiger partial charge in [0.25, 0.3) is 0 Å². The van der Waals surface area contributed by atoms with Crippen molar-refractivity contribution in [2.24, 2.45) is 5.92 Å². The monoisotopic (exact) mass is 310 g/mol. The molecule has 5 nitrogen and oxygen atoms in total. The first kappa shape index (κ1) is 16.7. The van der Waals surface area contributed by atoms with Crippen LogP contribution in [-0.2, 0) is 13.8 Å². The summed E-state index contributed by atoms with van der Waals surface area (Å²) in [6.45, 7) is 8.44. The van der Waals surface area contributed by atoms with Crippen LogP contribution in [0.15, 0.2) is 0 Å². The summed E-state index contributed by atoms with van der Waals surface area (Å²) in [6, 6.07) is 0. The molecular formula is C12H23ClN2O3S. The Morgan fingerprint density at radius 2 is 2.00 bits per heavy atom. The molecule has 1 fully saturated rings. The van der Waals surface area contributed by atoms with Crippen LogP contribution in [0.25, 0.3) is 0 Å². The van der Waals surface area contributed by atoms with Gasteiger partial charge in [0.15, 0.2) is 0 Å². The highest BCUT2D eigenvalue weighted by atomic mass is 35.7. The summed E-state index contributed by atoms with van der Waals surface area (Å²) in [6.07, 6.45) is 1.23. The minimum atomic E-state index is -3.51. The van der Waals surface area contributed by atoms with E-state index in [1.54, 1.807) is 4.90 Å². The molecule has 0 spiro atoms. The fourth-order valence-electron chi connectivity index (χ4n) is 2.49. The van der Waals surface area contributed by atoms with Crippen molar-refractivity contribution in [1.29, 1.82) is 0 Å². The molecule has 0 aromatic rings. The average molecular weight is 311 g/mol. The summed E-state index contributed by atoms with van der Waals surface area (Å²) in [5.74, 6) is -0.208. The first-order valence-corrected chi connectivity index (χ1v) is 9.26. The van der Waals surface area contributed by atoms with Crippen molar-refractivity contribution in [3.8, 4) is 0 Å². The molecule has 0 aromatic carbocycles. The zero-order chi connectivity index (χ0) is 14.5. The fourth-order valence-corrected chi connectivity index (χ4v) is 3.81. The molecule has 1 saturated heterocycles. The van der Waals surface area contributed by atoms with Gasteiger partial charge in [-0.05, 0) is 26.1 Å². The third-order valence-electron chi connectivity index (χ3n) is 3.53. The van der Waals surface area contributed by atoms with E-state index in [1.807, 2.05) is 0 Å². The molecule has 0 radical (unpaired) electrons. The zero-order valence-electron chi connectivity index (χ0n) is 11.6. The van der Waals surface area contributed by atoms with Crippen molar-refractivity contribution in [3.63, 3.8) is 0 Å². The minimum Gasteiger partial charge on any atom is -0.342 e. The minimum absolute atomic E-state index is 0.0462. The molecule has 0 saturated carbocycles. The SMILES string of the molecule is CCN(CC)CCCN1CC(CS(=O)(=O)Cl)CC1=O. The van der Waals surface area contributed by atoms with E-state index in [0.717, 1.165) is 26.1 Å². The fraction of sp³-hybridized carbons (Fsp3) is 0.917. The van der Waals surface area contributed by atoms with E-state index in [4.69, 9.17) is 10.7 Å². The maximum atomic E-state index is 11.8. The molecule has 1 heterocycles. The Hall–Kier alpha value is -0.330. The molecule has 7 heteroatoms. The number of hydrogen-bond donors (Lipinski definition) is 0. The third kappa shape index (κ3) is 6.10. The summed E-state index contributed by atoms with van der Waals surface area (Å²) in [5, 5.41) is 0. The molecule has 1 unspecified atom stereocenters. The molecule has 1 amide bonds. The molecule has 1 atom stereocenters. The van der Waals surface area contributed by atoms with E-state index in [-0.39, 0.29) is 17.6 Å². The number of nitrogens with zero attached hydrogens (tertiary/aromatic N) is 2. The van der Waals surface area contributed by atoms with E-state index in [9.17, 15) is 13.2 Å². The number of halogens is 1. The normalized spacial score (nSPS) is 20.5. The van der Waals surface area contributed by atoms with Crippen molar-refractivity contribution in [1.82, 2.24) is 9.80 Å². The van der Waals surface area contributed by atoms with Gasteiger partial charge in [-0.2, -0.15) is 0 Å². The molecule has 0 aliphatic carbocycles. The van der Waals surface area contributed by atoms with Crippen molar-refractivity contribution in [3.05, 3.63) is 0 Å². The van der Waals surface area contributed by atoms with Gasteiger partial charge in [-0.25, -0.2) is 8.42 Å². The molecule has 1 rings (SSSR count). The highest BCUT2D eigenvalue weighted by Crippen LogP contribution is 2.20. The predicted octanol–water partition coefficient (Wildman–Crippen LogP) is 1.14. The van der Waals surface area contributed by atoms with Gasteiger partial charge in [0.05, 0.1) is 5.75 Å². The van der Waals surface area contributed by atoms with Crippen LogP contribution in [0, 0.1) is 5.92 Å². The number of likely N-dealkylation sites (tertiary alicyclic amines) is 1. The first-order chi connectivity index (χ1) is 8.85. The predicted molar refractivity (Wildman–Crippen MR) is 76.7 cm³/mol. The second-order valence-corrected chi connectivity index (χ2v) is 7.82. The maximum Gasteiger partial charge on any atom is 0.232 e. The Labute approximate surface area is 120 Å². The standard InChI is InChI=1S/C12H23ClN2O3S/c1-3-14(4-2)6-5-7-15-9-11(8-12(15)16)10-19(13,17)18/h11H,3-10H2,1-2H3. The highest BCUT2D eigenvalue weighted by Gasteiger charge is 2.31. The molecule has 0 aromatic heterocycles. The van der Waals surface area contributed by atoms with Crippen LogP contribution in [0.1, 0.15) is 26.7 Å². The Morgan fingerprint density at radius 3 is 2.53 bits per heavy atom. The highest BCUT2D eigenvalue weighted by molar-refractivity contribution is 8.13. The second-order valence-electron chi connectivity index (χ2n) is 5.00. The summed E-state index contributed by atoms with van der Waals surface area (Å²) in [7, 11) is 1.72. The number of carbonyl (C=O) groups excluding carboxylic acids is 1. The van der Waals surface area contributed by atoms with Gasteiger partial charge in [-0.3, -0.25) is 4.79 Å². The van der Waals surface area contributed by atoms with Crippen molar-refractivity contribution >= 4 is 25.6 Å². The van der Waals surface area contributed by atoms with Gasteiger partial charge < -0.3 is 9.80 Å². The molecule has 0 N–H and O–H groups in total. The maximum absolute atomic E-state index is 11.8. The quantitative estimate of drug-likeness (QED) is 0.631. The van der Waals surface area contributed by atoms with E-state index < -0.39 is 9.05 Å². The lowest BCUT2D eigenvalue weighted by molar-refractivity contribution is -0.127. The summed E-state index contributed by atoms with van der Waals surface area (Å²) < 4.78 is 22.0. The molecule has 1 aliphatic rings. The Morgan fingerprint density at radius 1 is 1.37 bits per heavy atom. The van der Waals surface area contributed by atoms with Crippen molar-refractivity contribution in [2.45, 2.75) is 26.7 Å². The van der Waals surface area contributed by atoms with Gasteiger partial charge in [0.1, 0.15) is 0 Å². The van der Waals surface area contributed by atoms with Crippen molar-refractivity contribution < 1.29 is 13.2 Å². The van der Waals surface area contributed by atoms with Crippen LogP contribution in [0.4, 0.5) is 0 Å². The summed E-state index contributed by atoms with van der Waals surface area (Å²) in [4.78, 5) is 15.8. The number of hydrogen-bond acceptors (Lipinski definition) is 4. The van der Waals surface area contributed by atoms with Gasteiger partial charge in [0.2, 0.25) is 15.0 Å². The lowest BCUT2D eigenvalue weighted by atomic mass is 10.1. The lowest BCUT2D eigenvalue weighted by Gasteiger charge is -2.21. The molecule has 0 bridgehead atoms. The number of amides is 1. The molecule has 112 valence electrons. The smallest absolute Gasteiger partial charge is 0.232 e. The number of carbonyl (C=O) groups is 1. The van der Waals surface area contributed by atoms with Crippen LogP contribution >= 0.6 is 10.7 Å². The molecular weight excluding hydrogens is 288 g/mol. The third-order valence-corrected chi connectivity index (χ3v) is 4.77. The van der Waals surface area contributed by atoms with E-state index in [0.29, 0.717) is 19.5 Å². The van der Waals surface area contributed by atoms with Crippen LogP contribution in [-0.4, -0.2) is 62.6 Å². The Bertz CT molecular complexity index is 396. The zero-order valence-corrected chi connectivity index (χ0v) is 13.2. The number of rotatable bonds is 8. The van der Waals surface area contributed by atoms with Gasteiger partial charge >= 0.3 is 0 Å². The summed E-state index contributed by atoms with van der Waals surface area (Å²) in [5.41, 5.74) is 0. The van der Waals surface area contributed by atoms with Crippen molar-refractivity contribution in [2.75, 3.05) is 38.5 Å². The van der Waals surface area contributed by atoms with Gasteiger partial charge in [-0.1, -0.05) is 13.8 Å². The van der Waals surface area contributed by atoms with Crippen LogP contribution in [0.5, 0.6) is 0 Å². The van der Waals surface area contributed by atoms with Gasteiger partial charge in [-0.15, -0.1) is 0 Å². The Kier molecular flexibility index (Phi) is 6.56. The molecule has 1 aliphatic heterocycles. The first-order valence-electron chi connectivity index (χ1n) is 6.78. The Balaban J connectivity index is 2.34. The largest absolute Gasteiger partial charge is 0.342 e. The van der Waals surface area contributed by atoms with E-state index >= 15 is 0 Å². The topological polar surface area (TPSA) is 57.7 Å². The van der Waals surface area contributed by atoms with E-state index in [1.165, 1.54) is 0 Å².